The van der Waals surface area contributed by atoms with E-state index >= 15 is 0 Å². The molecule has 0 saturated carbocycles. The second-order valence-electron chi connectivity index (χ2n) is 2.66. The first-order chi connectivity index (χ1) is 6.18. The molecule has 0 radical (unpaired) electrons. The molecular formula is C9H5BrFNO. The maximum atomic E-state index is 13.3. The lowest BCUT2D eigenvalue weighted by Crippen LogP contribution is -2.26. The SMILES string of the molecule is [O-][n+]1cccc2cc(Br)cc(F)c21. The minimum absolute atomic E-state index is 0.0747. The summed E-state index contributed by atoms with van der Waals surface area (Å²) in [5, 5.41) is 11.8. The highest BCUT2D eigenvalue weighted by molar-refractivity contribution is 9.10. The Bertz CT molecular complexity index is 472. The largest absolute Gasteiger partial charge is 0.618 e. The standard InChI is InChI=1S/C9H5BrFNO/c10-7-4-6-2-1-3-12(13)9(6)8(11)5-7/h1-5H. The van der Waals surface area contributed by atoms with Crippen LogP contribution in [0.2, 0.25) is 0 Å². The Labute approximate surface area is 82.3 Å². The third-order valence-electron chi connectivity index (χ3n) is 1.78. The lowest BCUT2D eigenvalue weighted by atomic mass is 10.2. The predicted molar refractivity (Wildman–Crippen MR) is 50.6 cm³/mol. The Morgan fingerprint density at radius 3 is 2.92 bits per heavy atom. The molecule has 0 amide bonds. The van der Waals surface area contributed by atoms with Crippen LogP contribution in [0, 0.1) is 11.0 Å². The summed E-state index contributed by atoms with van der Waals surface area (Å²) >= 11 is 3.16. The Hall–Kier alpha value is -1.16. The van der Waals surface area contributed by atoms with Crippen molar-refractivity contribution in [2.24, 2.45) is 0 Å². The van der Waals surface area contributed by atoms with Gasteiger partial charge >= 0.3 is 0 Å². The molecule has 2 aromatic rings. The molecule has 1 heterocycles. The highest BCUT2D eigenvalue weighted by Gasteiger charge is 2.10. The van der Waals surface area contributed by atoms with Gasteiger partial charge in [0.1, 0.15) is 0 Å². The van der Waals surface area contributed by atoms with Crippen LogP contribution in [0.5, 0.6) is 0 Å². The Kier molecular flexibility index (Phi) is 1.92. The van der Waals surface area contributed by atoms with Crippen LogP contribution in [0.3, 0.4) is 0 Å². The fraction of sp³-hybridized carbons (Fsp3) is 0. The van der Waals surface area contributed by atoms with Crippen LogP contribution in [0.15, 0.2) is 34.9 Å². The number of hydrogen-bond acceptors (Lipinski definition) is 1. The molecule has 0 bridgehead atoms. The molecule has 0 aliphatic rings. The van der Waals surface area contributed by atoms with E-state index in [1.54, 1.807) is 18.2 Å². The third kappa shape index (κ3) is 1.37. The lowest BCUT2D eigenvalue weighted by Gasteiger charge is -2.01. The summed E-state index contributed by atoms with van der Waals surface area (Å²) in [5.41, 5.74) is 0.0747. The first kappa shape index (κ1) is 8.44. The van der Waals surface area contributed by atoms with Gasteiger partial charge in [0.25, 0.3) is 5.52 Å². The van der Waals surface area contributed by atoms with E-state index in [0.29, 0.717) is 14.6 Å². The van der Waals surface area contributed by atoms with Crippen molar-refractivity contribution in [2.75, 3.05) is 0 Å². The summed E-state index contributed by atoms with van der Waals surface area (Å²) in [4.78, 5) is 0. The zero-order chi connectivity index (χ0) is 9.42. The Balaban J connectivity index is 2.94. The third-order valence-corrected chi connectivity index (χ3v) is 2.23. The van der Waals surface area contributed by atoms with E-state index in [4.69, 9.17) is 0 Å². The summed E-state index contributed by atoms with van der Waals surface area (Å²) in [6, 6.07) is 6.25. The van der Waals surface area contributed by atoms with Crippen molar-refractivity contribution in [3.05, 3.63) is 46.0 Å². The van der Waals surface area contributed by atoms with Gasteiger partial charge in [0.2, 0.25) is 0 Å². The zero-order valence-corrected chi connectivity index (χ0v) is 8.08. The van der Waals surface area contributed by atoms with Crippen LogP contribution in [-0.4, -0.2) is 0 Å². The molecule has 66 valence electrons. The van der Waals surface area contributed by atoms with Crippen LogP contribution < -0.4 is 4.73 Å². The molecule has 0 atom stereocenters. The minimum atomic E-state index is -0.514. The van der Waals surface area contributed by atoms with E-state index in [9.17, 15) is 9.60 Å². The minimum Gasteiger partial charge on any atom is -0.618 e. The summed E-state index contributed by atoms with van der Waals surface area (Å²) in [7, 11) is 0. The molecule has 2 rings (SSSR count). The number of fused-ring (bicyclic) bond motifs is 1. The van der Waals surface area contributed by atoms with E-state index in [1.165, 1.54) is 12.3 Å². The molecule has 2 nitrogen and oxygen atoms in total. The van der Waals surface area contributed by atoms with Gasteiger partial charge in [-0.15, -0.1) is 0 Å². The fourth-order valence-electron chi connectivity index (χ4n) is 1.24. The van der Waals surface area contributed by atoms with Crippen molar-refractivity contribution >= 4 is 26.8 Å². The van der Waals surface area contributed by atoms with Crippen LogP contribution >= 0.6 is 15.9 Å². The smallest absolute Gasteiger partial charge is 0.259 e. The van der Waals surface area contributed by atoms with Crippen LogP contribution in [0.25, 0.3) is 10.9 Å². The van der Waals surface area contributed by atoms with E-state index in [2.05, 4.69) is 15.9 Å². The molecule has 0 spiro atoms. The Morgan fingerprint density at radius 1 is 1.38 bits per heavy atom. The van der Waals surface area contributed by atoms with Gasteiger partial charge in [-0.3, -0.25) is 0 Å². The topological polar surface area (TPSA) is 26.9 Å². The molecule has 0 saturated heterocycles. The molecule has 0 N–H and O–H groups in total. The van der Waals surface area contributed by atoms with Gasteiger partial charge in [-0.05, 0) is 18.2 Å². The normalized spacial score (nSPS) is 10.6. The summed E-state index contributed by atoms with van der Waals surface area (Å²) in [5.74, 6) is -0.514. The molecule has 1 aromatic heterocycles. The molecule has 0 aliphatic heterocycles. The molecule has 0 unspecified atom stereocenters. The van der Waals surface area contributed by atoms with E-state index in [-0.39, 0.29) is 5.52 Å². The van der Waals surface area contributed by atoms with Crippen LogP contribution in [0.1, 0.15) is 0 Å². The Morgan fingerprint density at radius 2 is 2.15 bits per heavy atom. The van der Waals surface area contributed by atoms with Crippen molar-refractivity contribution in [1.82, 2.24) is 0 Å². The van der Waals surface area contributed by atoms with Gasteiger partial charge in [-0.25, -0.2) is 0 Å². The van der Waals surface area contributed by atoms with E-state index in [1.807, 2.05) is 0 Å². The van der Waals surface area contributed by atoms with Crippen molar-refractivity contribution < 1.29 is 9.12 Å². The van der Waals surface area contributed by atoms with E-state index < -0.39 is 5.82 Å². The molecule has 0 fully saturated rings. The van der Waals surface area contributed by atoms with Gasteiger partial charge in [-0.1, -0.05) is 15.9 Å². The highest BCUT2D eigenvalue weighted by atomic mass is 79.9. The number of pyridine rings is 1. The summed E-state index contributed by atoms with van der Waals surface area (Å²) in [6.07, 6.45) is 1.28. The number of benzene rings is 1. The highest BCUT2D eigenvalue weighted by Crippen LogP contribution is 2.20. The van der Waals surface area contributed by atoms with Gasteiger partial charge in [-0.2, -0.15) is 9.12 Å². The van der Waals surface area contributed by atoms with Gasteiger partial charge in [0.05, 0.1) is 5.39 Å². The van der Waals surface area contributed by atoms with Gasteiger partial charge in [0.15, 0.2) is 12.0 Å². The number of hydrogen-bond donors (Lipinski definition) is 0. The summed E-state index contributed by atoms with van der Waals surface area (Å²) in [6.45, 7) is 0. The quantitative estimate of drug-likeness (QED) is 0.514. The average Bonchev–Trinajstić information content (AvgIpc) is 2.02. The number of halogens is 2. The van der Waals surface area contributed by atoms with Gasteiger partial charge in [0, 0.05) is 10.5 Å². The molecular weight excluding hydrogens is 237 g/mol. The fourth-order valence-corrected chi connectivity index (χ4v) is 1.69. The van der Waals surface area contributed by atoms with Gasteiger partial charge < -0.3 is 5.21 Å². The first-order valence-electron chi connectivity index (χ1n) is 3.65. The number of aromatic nitrogens is 1. The second-order valence-corrected chi connectivity index (χ2v) is 3.58. The summed E-state index contributed by atoms with van der Waals surface area (Å²) < 4.78 is 14.4. The average molecular weight is 242 g/mol. The lowest BCUT2D eigenvalue weighted by molar-refractivity contribution is -0.578. The second kappa shape index (κ2) is 2.96. The monoisotopic (exact) mass is 241 g/mol. The molecule has 13 heavy (non-hydrogen) atoms. The van der Waals surface area contributed by atoms with Crippen LogP contribution in [0.4, 0.5) is 4.39 Å². The predicted octanol–water partition coefficient (Wildman–Crippen LogP) is 2.37. The van der Waals surface area contributed by atoms with Crippen molar-refractivity contribution in [3.8, 4) is 0 Å². The maximum Gasteiger partial charge on any atom is 0.259 e. The van der Waals surface area contributed by atoms with Crippen LogP contribution in [-0.2, 0) is 0 Å². The van der Waals surface area contributed by atoms with Crippen molar-refractivity contribution in [3.63, 3.8) is 0 Å². The van der Waals surface area contributed by atoms with E-state index in [0.717, 1.165) is 0 Å². The van der Waals surface area contributed by atoms with Crippen molar-refractivity contribution in [1.29, 1.82) is 0 Å². The number of rotatable bonds is 0. The molecule has 1 aromatic carbocycles. The van der Waals surface area contributed by atoms with Crippen molar-refractivity contribution in [2.45, 2.75) is 0 Å². The molecule has 4 heteroatoms. The zero-order valence-electron chi connectivity index (χ0n) is 6.50. The molecule has 0 aliphatic carbocycles. The first-order valence-corrected chi connectivity index (χ1v) is 4.45. The maximum absolute atomic E-state index is 13.3. The number of nitrogens with zero attached hydrogens (tertiary/aromatic N) is 1.